The van der Waals surface area contributed by atoms with Crippen molar-refractivity contribution >= 4 is 29.2 Å². The minimum absolute atomic E-state index is 0.320. The van der Waals surface area contributed by atoms with Gasteiger partial charge in [-0.2, -0.15) is 0 Å². The lowest BCUT2D eigenvalue weighted by molar-refractivity contribution is 0.0526. The highest BCUT2D eigenvalue weighted by Gasteiger charge is 2.10. The van der Waals surface area contributed by atoms with Crippen molar-refractivity contribution in [1.82, 2.24) is 9.55 Å². The molecule has 3 aromatic rings. The highest BCUT2D eigenvalue weighted by Crippen LogP contribution is 2.18. The zero-order chi connectivity index (χ0) is 15.5. The Bertz CT molecular complexity index is 865. The number of nitrogens with zero attached hydrogens (tertiary/aromatic N) is 1. The number of aromatic amines is 1. The third-order valence-electron chi connectivity index (χ3n) is 3.47. The van der Waals surface area contributed by atoms with Crippen molar-refractivity contribution in [3.63, 3.8) is 0 Å². The van der Waals surface area contributed by atoms with Crippen molar-refractivity contribution in [1.29, 1.82) is 0 Å². The molecule has 1 N–H and O–H groups in total. The average Bonchev–Trinajstić information content (AvgIpc) is 2.84. The van der Waals surface area contributed by atoms with Crippen LogP contribution in [0.25, 0.3) is 11.0 Å². The van der Waals surface area contributed by atoms with Crippen molar-refractivity contribution in [2.24, 2.45) is 0 Å². The van der Waals surface area contributed by atoms with E-state index < -0.39 is 0 Å². The molecule has 0 unspecified atom stereocenters. The molecular weight excluding hydrogens is 296 g/mol. The average molecular weight is 312 g/mol. The summed E-state index contributed by atoms with van der Waals surface area (Å²) >= 11 is 5.40. The van der Waals surface area contributed by atoms with E-state index in [1.165, 1.54) is 5.56 Å². The molecule has 0 amide bonds. The molecule has 0 saturated carbocycles. The van der Waals surface area contributed by atoms with Gasteiger partial charge in [0.25, 0.3) is 0 Å². The first-order valence-electron chi connectivity index (χ1n) is 7.12. The lowest BCUT2D eigenvalue weighted by Gasteiger charge is -2.05. The summed E-state index contributed by atoms with van der Waals surface area (Å²) in [4.78, 5) is 15.0. The van der Waals surface area contributed by atoms with Crippen molar-refractivity contribution in [2.75, 3.05) is 6.61 Å². The lowest BCUT2D eigenvalue weighted by Crippen LogP contribution is -2.04. The van der Waals surface area contributed by atoms with Gasteiger partial charge in [0, 0.05) is 0 Å². The van der Waals surface area contributed by atoms with E-state index in [4.69, 9.17) is 17.0 Å². The fraction of sp³-hybridized carbons (Fsp3) is 0.176. The molecule has 22 heavy (non-hydrogen) atoms. The third kappa shape index (κ3) is 2.80. The topological polar surface area (TPSA) is 47.0 Å². The summed E-state index contributed by atoms with van der Waals surface area (Å²) < 4.78 is 7.69. The van der Waals surface area contributed by atoms with Crippen LogP contribution in [-0.4, -0.2) is 22.1 Å². The fourth-order valence-corrected chi connectivity index (χ4v) is 2.70. The number of aromatic nitrogens is 2. The van der Waals surface area contributed by atoms with Crippen molar-refractivity contribution in [3.05, 3.63) is 64.4 Å². The number of H-pyrrole nitrogens is 1. The first kappa shape index (κ1) is 14.5. The van der Waals surface area contributed by atoms with Gasteiger partial charge < -0.3 is 14.3 Å². The van der Waals surface area contributed by atoms with Gasteiger partial charge in [-0.3, -0.25) is 0 Å². The van der Waals surface area contributed by atoms with E-state index in [0.717, 1.165) is 11.0 Å². The van der Waals surface area contributed by atoms with E-state index >= 15 is 0 Å². The van der Waals surface area contributed by atoms with Crippen LogP contribution in [0.1, 0.15) is 22.8 Å². The smallest absolute Gasteiger partial charge is 0.338 e. The summed E-state index contributed by atoms with van der Waals surface area (Å²) in [5.74, 6) is -0.320. The summed E-state index contributed by atoms with van der Waals surface area (Å²) in [6, 6.07) is 15.6. The molecule has 2 aromatic carbocycles. The highest BCUT2D eigenvalue weighted by molar-refractivity contribution is 7.71. The number of hydrogen-bond donors (Lipinski definition) is 1. The maximum Gasteiger partial charge on any atom is 0.338 e. The van der Waals surface area contributed by atoms with Gasteiger partial charge in [0.15, 0.2) is 4.77 Å². The SMILES string of the molecule is CCOC(=O)c1ccc2c(c1)[nH]c(=S)n2Cc1ccccc1. The quantitative estimate of drug-likeness (QED) is 0.586. The minimum atomic E-state index is -0.320. The Morgan fingerprint density at radius 3 is 2.73 bits per heavy atom. The molecule has 0 saturated heterocycles. The Hall–Kier alpha value is -2.40. The summed E-state index contributed by atoms with van der Waals surface area (Å²) in [6.07, 6.45) is 0. The second-order valence-electron chi connectivity index (χ2n) is 4.95. The number of imidazole rings is 1. The first-order chi connectivity index (χ1) is 10.7. The molecule has 0 aliphatic rings. The van der Waals surface area contributed by atoms with E-state index in [9.17, 15) is 4.79 Å². The molecule has 5 heteroatoms. The molecule has 112 valence electrons. The first-order valence-corrected chi connectivity index (χ1v) is 7.53. The number of esters is 1. The molecular formula is C17H16N2O2S. The van der Waals surface area contributed by atoms with Gasteiger partial charge in [0.05, 0.1) is 29.7 Å². The Labute approximate surface area is 133 Å². The predicted octanol–water partition coefficient (Wildman–Crippen LogP) is 3.92. The number of fused-ring (bicyclic) bond motifs is 1. The maximum atomic E-state index is 11.8. The Morgan fingerprint density at radius 1 is 1.23 bits per heavy atom. The molecule has 0 aliphatic carbocycles. The van der Waals surface area contributed by atoms with Crippen LogP contribution < -0.4 is 0 Å². The molecule has 0 radical (unpaired) electrons. The van der Waals surface area contributed by atoms with Gasteiger partial charge in [-0.25, -0.2) is 4.79 Å². The van der Waals surface area contributed by atoms with Crippen LogP contribution in [0.4, 0.5) is 0 Å². The molecule has 0 atom stereocenters. The molecule has 1 aromatic heterocycles. The van der Waals surface area contributed by atoms with E-state index in [1.807, 2.05) is 28.8 Å². The van der Waals surface area contributed by atoms with Crippen LogP contribution >= 0.6 is 12.2 Å². The Kier molecular flexibility index (Phi) is 4.06. The van der Waals surface area contributed by atoms with Gasteiger partial charge in [0.1, 0.15) is 0 Å². The van der Waals surface area contributed by atoms with Crippen molar-refractivity contribution in [2.45, 2.75) is 13.5 Å². The van der Waals surface area contributed by atoms with Gasteiger partial charge in [0.2, 0.25) is 0 Å². The predicted molar refractivity (Wildman–Crippen MR) is 88.6 cm³/mol. The normalized spacial score (nSPS) is 10.8. The molecule has 1 heterocycles. The maximum absolute atomic E-state index is 11.8. The number of ether oxygens (including phenoxy) is 1. The van der Waals surface area contributed by atoms with Gasteiger partial charge in [-0.05, 0) is 42.9 Å². The Morgan fingerprint density at radius 2 is 2.00 bits per heavy atom. The van der Waals surface area contributed by atoms with Gasteiger partial charge in [-0.1, -0.05) is 30.3 Å². The highest BCUT2D eigenvalue weighted by atomic mass is 32.1. The van der Waals surface area contributed by atoms with Crippen molar-refractivity contribution in [3.8, 4) is 0 Å². The van der Waals surface area contributed by atoms with Crippen LogP contribution in [0.5, 0.6) is 0 Å². The van der Waals surface area contributed by atoms with E-state index in [1.54, 1.807) is 19.1 Å². The van der Waals surface area contributed by atoms with Crippen LogP contribution in [0.2, 0.25) is 0 Å². The number of benzene rings is 2. The summed E-state index contributed by atoms with van der Waals surface area (Å²) in [6.45, 7) is 2.85. The summed E-state index contributed by atoms with van der Waals surface area (Å²) in [7, 11) is 0. The van der Waals surface area contributed by atoms with Crippen LogP contribution in [0.3, 0.4) is 0 Å². The monoisotopic (exact) mass is 312 g/mol. The van der Waals surface area contributed by atoms with Gasteiger partial charge >= 0.3 is 5.97 Å². The minimum Gasteiger partial charge on any atom is -0.462 e. The second-order valence-corrected chi connectivity index (χ2v) is 5.34. The number of carbonyl (C=O) groups is 1. The fourth-order valence-electron chi connectivity index (χ4n) is 2.43. The van der Waals surface area contributed by atoms with E-state index in [2.05, 4.69) is 17.1 Å². The molecule has 0 spiro atoms. The summed E-state index contributed by atoms with van der Waals surface area (Å²) in [5.41, 5.74) is 3.51. The molecule has 4 nitrogen and oxygen atoms in total. The molecule has 0 bridgehead atoms. The van der Waals surface area contributed by atoms with Crippen molar-refractivity contribution < 1.29 is 9.53 Å². The second kappa shape index (κ2) is 6.15. The van der Waals surface area contributed by atoms with E-state index in [0.29, 0.717) is 23.5 Å². The zero-order valence-electron chi connectivity index (χ0n) is 12.2. The molecule has 3 rings (SSSR count). The number of hydrogen-bond acceptors (Lipinski definition) is 3. The largest absolute Gasteiger partial charge is 0.462 e. The zero-order valence-corrected chi connectivity index (χ0v) is 13.0. The van der Waals surface area contributed by atoms with Crippen LogP contribution in [-0.2, 0) is 11.3 Å². The third-order valence-corrected chi connectivity index (χ3v) is 3.79. The lowest BCUT2D eigenvalue weighted by atomic mass is 10.2. The molecule has 0 aliphatic heterocycles. The number of rotatable bonds is 4. The van der Waals surface area contributed by atoms with E-state index in [-0.39, 0.29) is 5.97 Å². The van der Waals surface area contributed by atoms with Crippen LogP contribution in [0, 0.1) is 4.77 Å². The number of carbonyl (C=O) groups excluding carboxylic acids is 1. The number of nitrogens with one attached hydrogen (secondary N) is 1. The Balaban J connectivity index is 2.00. The summed E-state index contributed by atoms with van der Waals surface area (Å²) in [5, 5.41) is 0. The standard InChI is InChI=1S/C17H16N2O2S/c1-2-21-16(20)13-8-9-15-14(10-13)18-17(22)19(15)11-12-6-4-3-5-7-12/h3-10H,2,11H2,1H3,(H,18,22). The van der Waals surface area contributed by atoms with Gasteiger partial charge in [-0.15, -0.1) is 0 Å². The van der Waals surface area contributed by atoms with Crippen LogP contribution in [0.15, 0.2) is 48.5 Å². The molecule has 0 fully saturated rings.